The van der Waals surface area contributed by atoms with Crippen molar-refractivity contribution in [3.05, 3.63) is 64.1 Å². The molecule has 0 amide bonds. The lowest BCUT2D eigenvalue weighted by atomic mass is 10.0. The molecule has 0 aliphatic rings. The molecule has 1 aromatic heterocycles. The molecule has 1 unspecified atom stereocenters. The van der Waals surface area contributed by atoms with E-state index in [4.69, 9.17) is 0 Å². The highest BCUT2D eigenvalue weighted by molar-refractivity contribution is 9.10. The number of unbranched alkanes of at least 4 members (excludes halogenated alkanes) is 1. The van der Waals surface area contributed by atoms with Gasteiger partial charge in [0.2, 0.25) is 0 Å². The van der Waals surface area contributed by atoms with Crippen LogP contribution in [-0.2, 0) is 17.8 Å². The number of hydrogen-bond donors (Lipinski definition) is 1. The highest BCUT2D eigenvalue weighted by Gasteiger charge is 2.22. The van der Waals surface area contributed by atoms with Gasteiger partial charge in [0.1, 0.15) is 11.6 Å². The maximum Gasteiger partial charge on any atom is 0.125 e. The number of rotatable bonds is 8. The van der Waals surface area contributed by atoms with Crippen LogP contribution in [0, 0.1) is 5.82 Å². The van der Waals surface area contributed by atoms with E-state index in [9.17, 15) is 8.94 Å². The minimum absolute atomic E-state index is 0.245. The van der Waals surface area contributed by atoms with Gasteiger partial charge in [-0.05, 0) is 58.6 Å². The number of nitrogens with zero attached hydrogens (tertiary/aromatic N) is 1. The zero-order chi connectivity index (χ0) is 16.7. The van der Waals surface area contributed by atoms with E-state index in [0.717, 1.165) is 28.6 Å². The van der Waals surface area contributed by atoms with Crippen LogP contribution in [0.2, 0.25) is 0 Å². The monoisotopic (exact) mass is 398 g/mol. The first-order chi connectivity index (χ1) is 11.1. The molecule has 1 heterocycles. The van der Waals surface area contributed by atoms with Gasteiger partial charge in [-0.15, -0.1) is 4.72 Å². The first kappa shape index (κ1) is 18.4. The number of hydrogen-bond acceptors (Lipinski definition) is 3. The van der Waals surface area contributed by atoms with Gasteiger partial charge in [-0.3, -0.25) is 4.98 Å². The second-order valence-corrected chi connectivity index (χ2v) is 7.47. The molecule has 2 aromatic rings. The van der Waals surface area contributed by atoms with Crippen molar-refractivity contribution >= 4 is 27.3 Å². The molecule has 2 atom stereocenters. The molecule has 124 valence electrons. The Morgan fingerprint density at radius 2 is 2.17 bits per heavy atom. The topological polar surface area (TPSA) is 48.0 Å². The standard InChI is InChI=1S/C17H20BrFN2OS/c1-2-3-10-23(22)21-16(17-15(18)8-5-9-20-17)12-13-6-4-7-14(19)11-13/h4-9,11,16,21H,2-3,10,12H2,1H3/t16-,23?/m0/s1. The summed E-state index contributed by atoms with van der Waals surface area (Å²) in [5.41, 5.74) is 1.62. The van der Waals surface area contributed by atoms with Gasteiger partial charge in [0, 0.05) is 22.0 Å². The van der Waals surface area contributed by atoms with E-state index in [-0.39, 0.29) is 11.9 Å². The summed E-state index contributed by atoms with van der Waals surface area (Å²) in [4.78, 5) is 4.39. The Bertz CT molecular complexity index is 629. The van der Waals surface area contributed by atoms with Crippen molar-refractivity contribution in [2.24, 2.45) is 0 Å². The third-order valence-electron chi connectivity index (χ3n) is 3.40. The highest BCUT2D eigenvalue weighted by atomic mass is 79.9. The van der Waals surface area contributed by atoms with Crippen molar-refractivity contribution in [1.29, 1.82) is 0 Å². The molecule has 0 radical (unpaired) electrons. The van der Waals surface area contributed by atoms with Crippen LogP contribution < -0.4 is 4.72 Å². The minimum atomic E-state index is -1.14. The van der Waals surface area contributed by atoms with Gasteiger partial charge in [0.25, 0.3) is 0 Å². The molecule has 0 fully saturated rings. The van der Waals surface area contributed by atoms with Gasteiger partial charge < -0.3 is 4.55 Å². The summed E-state index contributed by atoms with van der Waals surface area (Å²) in [7, 11) is 0. The molecule has 6 heteroatoms. The predicted octanol–water partition coefficient (Wildman–Crippen LogP) is 4.32. The minimum Gasteiger partial charge on any atom is -0.598 e. The van der Waals surface area contributed by atoms with Crippen molar-refractivity contribution in [2.75, 3.05) is 5.75 Å². The van der Waals surface area contributed by atoms with Crippen LogP contribution in [0.1, 0.15) is 37.1 Å². The fourth-order valence-electron chi connectivity index (χ4n) is 2.24. The molecule has 1 N–H and O–H groups in total. The Kier molecular flexibility index (Phi) is 7.49. The van der Waals surface area contributed by atoms with Crippen LogP contribution in [0.4, 0.5) is 4.39 Å². The van der Waals surface area contributed by atoms with E-state index in [1.165, 1.54) is 12.1 Å². The fraction of sp³-hybridized carbons (Fsp3) is 0.353. The van der Waals surface area contributed by atoms with Gasteiger partial charge in [-0.2, -0.15) is 0 Å². The van der Waals surface area contributed by atoms with Crippen LogP contribution in [-0.4, -0.2) is 15.3 Å². The molecule has 0 saturated heterocycles. The fourth-order valence-corrected chi connectivity index (χ4v) is 3.95. The second-order valence-electron chi connectivity index (χ2n) is 5.28. The van der Waals surface area contributed by atoms with Crippen molar-refractivity contribution in [3.63, 3.8) is 0 Å². The molecule has 0 saturated carbocycles. The lowest BCUT2D eigenvalue weighted by molar-refractivity contribution is 0.544. The van der Waals surface area contributed by atoms with Gasteiger partial charge in [-0.25, -0.2) is 4.39 Å². The lowest BCUT2D eigenvalue weighted by Gasteiger charge is -2.21. The van der Waals surface area contributed by atoms with E-state index >= 15 is 0 Å². The summed E-state index contributed by atoms with van der Waals surface area (Å²) in [6.45, 7) is 2.07. The number of nitrogens with one attached hydrogen (secondary N) is 1. The summed E-state index contributed by atoms with van der Waals surface area (Å²) in [5.74, 6) is 0.328. The Morgan fingerprint density at radius 3 is 2.87 bits per heavy atom. The first-order valence-corrected chi connectivity index (χ1v) is 9.70. The molecule has 0 aliphatic carbocycles. The summed E-state index contributed by atoms with van der Waals surface area (Å²) in [6.07, 6.45) is 4.12. The molecule has 23 heavy (non-hydrogen) atoms. The summed E-state index contributed by atoms with van der Waals surface area (Å²) < 4.78 is 29.6. The lowest BCUT2D eigenvalue weighted by Crippen LogP contribution is -2.32. The highest BCUT2D eigenvalue weighted by Crippen LogP contribution is 2.25. The van der Waals surface area contributed by atoms with Crippen molar-refractivity contribution in [2.45, 2.75) is 32.2 Å². The van der Waals surface area contributed by atoms with Crippen LogP contribution in [0.5, 0.6) is 0 Å². The number of benzene rings is 1. The zero-order valence-corrected chi connectivity index (χ0v) is 15.4. The molecule has 0 aliphatic heterocycles. The third kappa shape index (κ3) is 5.88. The zero-order valence-electron chi connectivity index (χ0n) is 13.0. The quantitative estimate of drug-likeness (QED) is 0.673. The average Bonchev–Trinajstić information content (AvgIpc) is 2.53. The summed E-state index contributed by atoms with van der Waals surface area (Å²) in [6, 6.07) is 9.96. The maximum atomic E-state index is 13.4. The van der Waals surface area contributed by atoms with Crippen LogP contribution in [0.25, 0.3) is 0 Å². The van der Waals surface area contributed by atoms with E-state index < -0.39 is 11.4 Å². The maximum absolute atomic E-state index is 13.4. The molecule has 0 bridgehead atoms. The molecular weight excluding hydrogens is 379 g/mol. The predicted molar refractivity (Wildman–Crippen MR) is 95.8 cm³/mol. The number of halogens is 2. The van der Waals surface area contributed by atoms with E-state index in [0.29, 0.717) is 12.2 Å². The summed E-state index contributed by atoms with van der Waals surface area (Å²) >= 11 is 2.35. The van der Waals surface area contributed by atoms with Crippen LogP contribution >= 0.6 is 15.9 Å². The Hall–Kier alpha value is -0.950. The van der Waals surface area contributed by atoms with Gasteiger partial charge in [0.05, 0.1) is 11.7 Å². The van der Waals surface area contributed by atoms with Crippen LogP contribution in [0.3, 0.4) is 0 Å². The van der Waals surface area contributed by atoms with Gasteiger partial charge in [-0.1, -0.05) is 25.5 Å². The number of pyridine rings is 1. The number of aromatic nitrogens is 1. The Balaban J connectivity index is 2.19. The SMILES string of the molecule is CCCC[S+]([O-])N[C@@H](Cc1cccc(F)c1)c1ncccc1Br. The third-order valence-corrected chi connectivity index (χ3v) is 5.28. The molecule has 3 nitrogen and oxygen atoms in total. The van der Waals surface area contributed by atoms with Crippen LogP contribution in [0.15, 0.2) is 47.1 Å². The Labute approximate surface area is 148 Å². The summed E-state index contributed by atoms with van der Waals surface area (Å²) in [5, 5.41) is 0. The van der Waals surface area contributed by atoms with Crippen molar-refractivity contribution < 1.29 is 8.94 Å². The largest absolute Gasteiger partial charge is 0.598 e. The molecule has 1 aromatic carbocycles. The van der Waals surface area contributed by atoms with Crippen molar-refractivity contribution in [3.8, 4) is 0 Å². The van der Waals surface area contributed by atoms with E-state index in [2.05, 4.69) is 32.6 Å². The Morgan fingerprint density at radius 1 is 1.35 bits per heavy atom. The van der Waals surface area contributed by atoms with Crippen molar-refractivity contribution in [1.82, 2.24) is 9.71 Å². The molecular formula is C17H20BrFN2OS. The first-order valence-electron chi connectivity index (χ1n) is 7.59. The molecule has 0 spiro atoms. The van der Waals surface area contributed by atoms with E-state index in [1.807, 2.05) is 18.2 Å². The average molecular weight is 399 g/mol. The molecule has 2 rings (SSSR count). The smallest absolute Gasteiger partial charge is 0.125 e. The van der Waals surface area contributed by atoms with Gasteiger partial charge >= 0.3 is 0 Å². The van der Waals surface area contributed by atoms with Gasteiger partial charge in [0.15, 0.2) is 0 Å². The normalized spacial score (nSPS) is 13.7. The second kappa shape index (κ2) is 9.37. The van der Waals surface area contributed by atoms with E-state index in [1.54, 1.807) is 12.3 Å².